The van der Waals surface area contributed by atoms with E-state index < -0.39 is 0 Å². The Labute approximate surface area is 125 Å². The van der Waals surface area contributed by atoms with E-state index in [-0.39, 0.29) is 24.2 Å². The molecule has 1 aliphatic carbocycles. The largest absolute Gasteiger partial charge is 0.445 e. The number of hydrogen-bond donors (Lipinski definition) is 1. The molecule has 1 N–H and O–H groups in total. The molecular weight excluding hydrogens is 266 g/mol. The zero-order valence-corrected chi connectivity index (χ0v) is 12.3. The second kappa shape index (κ2) is 6.48. The minimum Gasteiger partial charge on any atom is -0.445 e. The lowest BCUT2D eigenvalue weighted by molar-refractivity contribution is -0.0264. The number of ether oxygens (including phenoxy) is 1. The van der Waals surface area contributed by atoms with Gasteiger partial charge in [-0.2, -0.15) is 0 Å². The normalized spacial score (nSPS) is 28.8. The van der Waals surface area contributed by atoms with Crippen molar-refractivity contribution in [1.82, 2.24) is 4.90 Å². The van der Waals surface area contributed by atoms with E-state index >= 15 is 0 Å². The lowest BCUT2D eigenvalue weighted by Gasteiger charge is -2.45. The standard InChI is InChI=1S/C17H23NO3/c19-16-10-4-9-15-14(16)8-5-11-18(15)17(20)21-12-13-6-2-1-3-7-13/h1-3,6-7,14-16,19H,4-5,8-12H2/t14-,15-,16+/m1/s1. The van der Waals surface area contributed by atoms with Crippen molar-refractivity contribution < 1.29 is 14.6 Å². The fraction of sp³-hybridized carbons (Fsp3) is 0.588. The van der Waals surface area contributed by atoms with E-state index in [4.69, 9.17) is 4.74 Å². The summed E-state index contributed by atoms with van der Waals surface area (Å²) in [5.41, 5.74) is 1.00. The van der Waals surface area contributed by atoms with Gasteiger partial charge in [0.15, 0.2) is 0 Å². The van der Waals surface area contributed by atoms with Crippen molar-refractivity contribution in [3.63, 3.8) is 0 Å². The van der Waals surface area contributed by atoms with Gasteiger partial charge < -0.3 is 14.7 Å². The smallest absolute Gasteiger partial charge is 0.410 e. The molecule has 1 saturated heterocycles. The molecule has 1 saturated carbocycles. The van der Waals surface area contributed by atoms with E-state index in [0.29, 0.717) is 6.61 Å². The fourth-order valence-electron chi connectivity index (χ4n) is 3.68. The molecule has 1 amide bonds. The number of piperidine rings is 1. The Bertz CT molecular complexity index is 476. The highest BCUT2D eigenvalue weighted by Gasteiger charge is 2.40. The molecule has 0 bridgehead atoms. The topological polar surface area (TPSA) is 49.8 Å². The van der Waals surface area contributed by atoms with Crippen molar-refractivity contribution in [3.8, 4) is 0 Å². The Balaban J connectivity index is 1.61. The Morgan fingerprint density at radius 3 is 2.81 bits per heavy atom. The molecule has 1 aliphatic heterocycles. The van der Waals surface area contributed by atoms with Crippen molar-refractivity contribution >= 4 is 6.09 Å². The predicted molar refractivity (Wildman–Crippen MR) is 79.7 cm³/mol. The number of benzene rings is 1. The van der Waals surface area contributed by atoms with Gasteiger partial charge in [-0.05, 0) is 37.7 Å². The summed E-state index contributed by atoms with van der Waals surface area (Å²) in [4.78, 5) is 14.2. The maximum absolute atomic E-state index is 12.4. The van der Waals surface area contributed by atoms with Crippen LogP contribution in [0, 0.1) is 5.92 Å². The molecule has 0 unspecified atom stereocenters. The monoisotopic (exact) mass is 289 g/mol. The van der Waals surface area contributed by atoms with Gasteiger partial charge in [0, 0.05) is 18.5 Å². The van der Waals surface area contributed by atoms with Crippen molar-refractivity contribution in [2.45, 2.75) is 50.9 Å². The lowest BCUT2D eigenvalue weighted by Crippen LogP contribution is -2.53. The Hall–Kier alpha value is -1.55. The van der Waals surface area contributed by atoms with Crippen LogP contribution in [-0.2, 0) is 11.3 Å². The highest BCUT2D eigenvalue weighted by molar-refractivity contribution is 5.68. The van der Waals surface area contributed by atoms with Crippen LogP contribution in [0.25, 0.3) is 0 Å². The summed E-state index contributed by atoms with van der Waals surface area (Å²) >= 11 is 0. The van der Waals surface area contributed by atoms with Gasteiger partial charge >= 0.3 is 6.09 Å². The molecule has 2 fully saturated rings. The minimum atomic E-state index is -0.256. The molecule has 2 aliphatic rings. The zero-order chi connectivity index (χ0) is 14.7. The number of aliphatic hydroxyl groups is 1. The molecule has 114 valence electrons. The Kier molecular flexibility index (Phi) is 4.44. The summed E-state index contributed by atoms with van der Waals surface area (Å²) in [6, 6.07) is 9.90. The van der Waals surface area contributed by atoms with Gasteiger partial charge in [-0.1, -0.05) is 30.3 Å². The van der Waals surface area contributed by atoms with Crippen LogP contribution >= 0.6 is 0 Å². The average Bonchev–Trinajstić information content (AvgIpc) is 2.53. The average molecular weight is 289 g/mol. The minimum absolute atomic E-state index is 0.158. The van der Waals surface area contributed by atoms with Gasteiger partial charge in [-0.25, -0.2) is 4.79 Å². The van der Waals surface area contributed by atoms with E-state index in [1.54, 1.807) is 0 Å². The molecular formula is C17H23NO3. The predicted octanol–water partition coefficient (Wildman–Crippen LogP) is 2.95. The zero-order valence-electron chi connectivity index (χ0n) is 12.3. The molecule has 21 heavy (non-hydrogen) atoms. The second-order valence-corrected chi connectivity index (χ2v) is 6.11. The van der Waals surface area contributed by atoms with Crippen molar-refractivity contribution in [3.05, 3.63) is 35.9 Å². The number of aliphatic hydroxyl groups excluding tert-OH is 1. The first-order valence-corrected chi connectivity index (χ1v) is 7.91. The summed E-state index contributed by atoms with van der Waals surface area (Å²) in [7, 11) is 0. The lowest BCUT2D eigenvalue weighted by atomic mass is 9.76. The molecule has 4 nitrogen and oxygen atoms in total. The SMILES string of the molecule is O=C(OCc1ccccc1)N1CCC[C@@H]2[C@H]1CCC[C@@H]2O. The fourth-order valence-corrected chi connectivity index (χ4v) is 3.68. The first kappa shape index (κ1) is 14.4. The van der Waals surface area contributed by atoms with E-state index in [2.05, 4.69) is 0 Å². The van der Waals surface area contributed by atoms with E-state index in [1.165, 1.54) is 0 Å². The number of fused-ring (bicyclic) bond motifs is 1. The molecule has 4 heteroatoms. The molecule has 0 radical (unpaired) electrons. The van der Waals surface area contributed by atoms with Gasteiger partial charge in [0.05, 0.1) is 6.10 Å². The summed E-state index contributed by atoms with van der Waals surface area (Å²) in [5.74, 6) is 0.233. The summed E-state index contributed by atoms with van der Waals surface area (Å²) in [6.45, 7) is 1.07. The number of rotatable bonds is 2. The number of carbonyl (C=O) groups is 1. The molecule has 1 aromatic rings. The maximum Gasteiger partial charge on any atom is 0.410 e. The number of nitrogens with zero attached hydrogens (tertiary/aromatic N) is 1. The van der Waals surface area contributed by atoms with Crippen LogP contribution in [0.1, 0.15) is 37.7 Å². The quantitative estimate of drug-likeness (QED) is 0.910. The first-order valence-electron chi connectivity index (χ1n) is 7.91. The number of amides is 1. The van der Waals surface area contributed by atoms with Crippen LogP contribution in [0.3, 0.4) is 0 Å². The van der Waals surface area contributed by atoms with Gasteiger partial charge in [0.1, 0.15) is 6.61 Å². The number of hydrogen-bond acceptors (Lipinski definition) is 3. The third-order valence-corrected chi connectivity index (χ3v) is 4.76. The summed E-state index contributed by atoms with van der Waals surface area (Å²) < 4.78 is 5.46. The van der Waals surface area contributed by atoms with Crippen LogP contribution < -0.4 is 0 Å². The van der Waals surface area contributed by atoms with Gasteiger partial charge in [-0.15, -0.1) is 0 Å². The Morgan fingerprint density at radius 2 is 2.00 bits per heavy atom. The molecule has 1 heterocycles. The van der Waals surface area contributed by atoms with Gasteiger partial charge in [-0.3, -0.25) is 0 Å². The number of carbonyl (C=O) groups excluding carboxylic acids is 1. The van der Waals surface area contributed by atoms with Crippen molar-refractivity contribution in [2.24, 2.45) is 5.92 Å². The molecule has 1 aromatic carbocycles. The van der Waals surface area contributed by atoms with E-state index in [1.807, 2.05) is 35.2 Å². The Morgan fingerprint density at radius 1 is 1.19 bits per heavy atom. The summed E-state index contributed by atoms with van der Waals surface area (Å²) in [5, 5.41) is 10.1. The van der Waals surface area contributed by atoms with Gasteiger partial charge in [0.2, 0.25) is 0 Å². The highest BCUT2D eigenvalue weighted by Crippen LogP contribution is 2.35. The van der Waals surface area contributed by atoms with Crippen LogP contribution in [-0.4, -0.2) is 34.8 Å². The van der Waals surface area contributed by atoms with Gasteiger partial charge in [0.25, 0.3) is 0 Å². The molecule has 3 atom stereocenters. The van der Waals surface area contributed by atoms with Crippen LogP contribution in [0.2, 0.25) is 0 Å². The molecule has 0 aromatic heterocycles. The third kappa shape index (κ3) is 3.21. The summed E-state index contributed by atoms with van der Waals surface area (Å²) in [6.07, 6.45) is 4.34. The van der Waals surface area contributed by atoms with Crippen LogP contribution in [0.15, 0.2) is 30.3 Å². The molecule has 3 rings (SSSR count). The van der Waals surface area contributed by atoms with Crippen molar-refractivity contribution in [2.75, 3.05) is 6.54 Å². The van der Waals surface area contributed by atoms with E-state index in [9.17, 15) is 9.90 Å². The van der Waals surface area contributed by atoms with Crippen LogP contribution in [0.4, 0.5) is 4.79 Å². The third-order valence-electron chi connectivity index (χ3n) is 4.76. The highest BCUT2D eigenvalue weighted by atomic mass is 16.6. The van der Waals surface area contributed by atoms with E-state index in [0.717, 1.165) is 44.2 Å². The maximum atomic E-state index is 12.4. The first-order chi connectivity index (χ1) is 10.3. The second-order valence-electron chi connectivity index (χ2n) is 6.11. The molecule has 0 spiro atoms. The van der Waals surface area contributed by atoms with Crippen LogP contribution in [0.5, 0.6) is 0 Å². The van der Waals surface area contributed by atoms with Crippen molar-refractivity contribution in [1.29, 1.82) is 0 Å². The number of likely N-dealkylation sites (tertiary alicyclic amines) is 1.